The predicted molar refractivity (Wildman–Crippen MR) is 138 cm³/mol. The SMILES string of the molecule is COC(=O)C1=Cc2ccccc2-c2c(C3CCCCC3)c3ccc(C(=O)OC(C)(C)C)cc3n2C1. The van der Waals surface area contributed by atoms with Crippen molar-refractivity contribution in [1.29, 1.82) is 0 Å². The molecule has 0 radical (unpaired) electrons. The van der Waals surface area contributed by atoms with E-state index in [9.17, 15) is 9.59 Å². The van der Waals surface area contributed by atoms with E-state index in [1.165, 1.54) is 31.9 Å². The van der Waals surface area contributed by atoms with Crippen LogP contribution in [0.5, 0.6) is 0 Å². The average Bonchev–Trinajstić information content (AvgIpc) is 3.05. The second-order valence-corrected chi connectivity index (χ2v) is 10.7. The number of ether oxygens (including phenoxy) is 2. The molecule has 1 aliphatic carbocycles. The molecule has 5 nitrogen and oxygen atoms in total. The van der Waals surface area contributed by atoms with Gasteiger partial charge in [-0.2, -0.15) is 0 Å². The predicted octanol–water partition coefficient (Wildman–Crippen LogP) is 6.88. The Morgan fingerprint density at radius 1 is 0.971 bits per heavy atom. The standard InChI is InChI=1S/C30H33NO4/c1-30(2,3)35-29(33)21-14-15-24-25(17-21)31-18-22(28(32)34-4)16-20-12-8-9-13-23(20)27(31)26(24)19-10-6-5-7-11-19/h8-9,12-17,19H,5-7,10-11,18H2,1-4H3. The number of benzene rings is 2. The van der Waals surface area contributed by atoms with E-state index in [4.69, 9.17) is 9.47 Å². The maximum absolute atomic E-state index is 12.9. The Morgan fingerprint density at radius 3 is 2.43 bits per heavy atom. The zero-order valence-corrected chi connectivity index (χ0v) is 21.0. The van der Waals surface area contributed by atoms with E-state index in [0.29, 0.717) is 23.6 Å². The highest BCUT2D eigenvalue weighted by molar-refractivity contribution is 6.02. The summed E-state index contributed by atoms with van der Waals surface area (Å²) in [4.78, 5) is 25.7. The number of hydrogen-bond acceptors (Lipinski definition) is 4. The first kappa shape index (κ1) is 23.4. The third-order valence-corrected chi connectivity index (χ3v) is 7.07. The molecule has 1 fully saturated rings. The number of hydrogen-bond donors (Lipinski definition) is 0. The summed E-state index contributed by atoms with van der Waals surface area (Å²) in [6, 6.07) is 14.1. The van der Waals surface area contributed by atoms with E-state index in [2.05, 4.69) is 28.8 Å². The van der Waals surface area contributed by atoms with Gasteiger partial charge in [-0.1, -0.05) is 49.6 Å². The molecule has 2 aromatic carbocycles. The highest BCUT2D eigenvalue weighted by Gasteiger charge is 2.30. The summed E-state index contributed by atoms with van der Waals surface area (Å²) in [6.45, 7) is 6.01. The molecule has 35 heavy (non-hydrogen) atoms. The van der Waals surface area contributed by atoms with Crippen LogP contribution in [0.3, 0.4) is 0 Å². The van der Waals surface area contributed by atoms with Crippen molar-refractivity contribution in [2.45, 2.75) is 70.9 Å². The van der Waals surface area contributed by atoms with Crippen molar-refractivity contribution in [2.24, 2.45) is 0 Å². The molecular formula is C30H33NO4. The van der Waals surface area contributed by atoms with Crippen molar-refractivity contribution in [1.82, 2.24) is 4.57 Å². The minimum absolute atomic E-state index is 0.336. The highest BCUT2D eigenvalue weighted by atomic mass is 16.6. The van der Waals surface area contributed by atoms with Crippen LogP contribution < -0.4 is 0 Å². The lowest BCUT2D eigenvalue weighted by Gasteiger charge is -2.24. The molecule has 182 valence electrons. The molecule has 1 saturated carbocycles. The smallest absolute Gasteiger partial charge is 0.338 e. The number of methoxy groups -OCH3 is 1. The fraction of sp³-hybridized carbons (Fsp3) is 0.400. The van der Waals surface area contributed by atoms with Crippen molar-refractivity contribution in [3.63, 3.8) is 0 Å². The number of rotatable bonds is 3. The van der Waals surface area contributed by atoms with Gasteiger partial charge in [-0.15, -0.1) is 0 Å². The first-order chi connectivity index (χ1) is 16.8. The van der Waals surface area contributed by atoms with Crippen LogP contribution in [0.2, 0.25) is 0 Å². The molecule has 5 heteroatoms. The van der Waals surface area contributed by atoms with E-state index in [1.807, 2.05) is 45.0 Å². The number of nitrogens with zero attached hydrogens (tertiary/aromatic N) is 1. The molecule has 0 bridgehead atoms. The maximum atomic E-state index is 12.9. The summed E-state index contributed by atoms with van der Waals surface area (Å²) in [5.74, 6) is -0.230. The third-order valence-electron chi connectivity index (χ3n) is 7.07. The van der Waals surface area contributed by atoms with Crippen LogP contribution in [-0.2, 0) is 20.8 Å². The summed E-state index contributed by atoms with van der Waals surface area (Å²) in [6.07, 6.45) is 7.97. The van der Waals surface area contributed by atoms with Crippen LogP contribution in [0.4, 0.5) is 0 Å². The molecule has 0 spiro atoms. The molecule has 0 unspecified atom stereocenters. The van der Waals surface area contributed by atoms with Crippen molar-refractivity contribution < 1.29 is 19.1 Å². The first-order valence-corrected chi connectivity index (χ1v) is 12.5. The van der Waals surface area contributed by atoms with Crippen LogP contribution in [0, 0.1) is 0 Å². The van der Waals surface area contributed by atoms with Gasteiger partial charge in [0.05, 0.1) is 30.5 Å². The molecule has 0 amide bonds. The number of esters is 2. The fourth-order valence-electron chi connectivity index (χ4n) is 5.60. The lowest BCUT2D eigenvalue weighted by Crippen LogP contribution is -2.23. The summed E-state index contributed by atoms with van der Waals surface area (Å²) >= 11 is 0. The fourth-order valence-corrected chi connectivity index (χ4v) is 5.60. The zero-order chi connectivity index (χ0) is 24.7. The molecule has 2 heterocycles. The van der Waals surface area contributed by atoms with Crippen LogP contribution in [0.25, 0.3) is 28.2 Å². The Hall–Kier alpha value is -3.34. The lowest BCUT2D eigenvalue weighted by atomic mass is 9.81. The van der Waals surface area contributed by atoms with Crippen LogP contribution in [0.15, 0.2) is 48.0 Å². The summed E-state index contributed by atoms with van der Waals surface area (Å²) < 4.78 is 13.0. The lowest BCUT2D eigenvalue weighted by molar-refractivity contribution is -0.136. The summed E-state index contributed by atoms with van der Waals surface area (Å²) in [5.41, 5.74) is 6.10. The Kier molecular flexibility index (Phi) is 6.04. The summed E-state index contributed by atoms with van der Waals surface area (Å²) in [5, 5.41) is 1.15. The Morgan fingerprint density at radius 2 is 1.71 bits per heavy atom. The van der Waals surface area contributed by atoms with E-state index < -0.39 is 5.60 Å². The van der Waals surface area contributed by atoms with Gasteiger partial charge in [-0.05, 0) is 68.9 Å². The van der Waals surface area contributed by atoms with Gasteiger partial charge >= 0.3 is 11.9 Å². The van der Waals surface area contributed by atoms with Crippen molar-refractivity contribution in [3.05, 3.63) is 64.7 Å². The second-order valence-electron chi connectivity index (χ2n) is 10.7. The Balaban J connectivity index is 1.78. The molecular weight excluding hydrogens is 438 g/mol. The van der Waals surface area contributed by atoms with E-state index in [0.717, 1.165) is 40.6 Å². The van der Waals surface area contributed by atoms with Gasteiger partial charge < -0.3 is 14.0 Å². The first-order valence-electron chi connectivity index (χ1n) is 12.5. The minimum Gasteiger partial charge on any atom is -0.466 e. The highest BCUT2D eigenvalue weighted by Crippen LogP contribution is 2.46. The molecule has 1 aromatic heterocycles. The van der Waals surface area contributed by atoms with E-state index in [1.54, 1.807) is 0 Å². The van der Waals surface area contributed by atoms with Crippen LogP contribution in [0.1, 0.15) is 80.3 Å². The van der Waals surface area contributed by atoms with E-state index >= 15 is 0 Å². The molecule has 1 aliphatic heterocycles. The molecule has 0 atom stereocenters. The van der Waals surface area contributed by atoms with Gasteiger partial charge in [0.25, 0.3) is 0 Å². The van der Waals surface area contributed by atoms with Crippen molar-refractivity contribution in [3.8, 4) is 11.3 Å². The largest absolute Gasteiger partial charge is 0.466 e. The molecule has 0 saturated heterocycles. The van der Waals surface area contributed by atoms with Gasteiger partial charge in [-0.3, -0.25) is 0 Å². The monoisotopic (exact) mass is 471 g/mol. The molecule has 2 aliphatic rings. The summed E-state index contributed by atoms with van der Waals surface area (Å²) in [7, 11) is 1.42. The topological polar surface area (TPSA) is 57.5 Å². The average molecular weight is 472 g/mol. The number of aromatic nitrogens is 1. The van der Waals surface area contributed by atoms with Gasteiger partial charge in [0.2, 0.25) is 0 Å². The maximum Gasteiger partial charge on any atom is 0.338 e. The Labute approximate surface area is 206 Å². The van der Waals surface area contributed by atoms with Crippen molar-refractivity contribution in [2.75, 3.05) is 7.11 Å². The van der Waals surface area contributed by atoms with Gasteiger partial charge in [-0.25, -0.2) is 9.59 Å². The second kappa shape index (κ2) is 9.03. The van der Waals surface area contributed by atoms with Crippen LogP contribution >= 0.6 is 0 Å². The number of carbonyl (C=O) groups excluding carboxylic acids is 2. The zero-order valence-electron chi connectivity index (χ0n) is 21.0. The van der Waals surface area contributed by atoms with Gasteiger partial charge in [0, 0.05) is 16.5 Å². The van der Waals surface area contributed by atoms with Gasteiger partial charge in [0.1, 0.15) is 5.60 Å². The van der Waals surface area contributed by atoms with Gasteiger partial charge in [0.15, 0.2) is 0 Å². The Bertz CT molecular complexity index is 1330. The molecule has 0 N–H and O–H groups in total. The molecule has 3 aromatic rings. The quantitative estimate of drug-likeness (QED) is 0.391. The third kappa shape index (κ3) is 4.40. The number of carbonyl (C=O) groups is 2. The molecule has 5 rings (SSSR count). The number of fused-ring (bicyclic) bond motifs is 5. The minimum atomic E-state index is -0.574. The van der Waals surface area contributed by atoms with Crippen LogP contribution in [-0.4, -0.2) is 29.2 Å². The van der Waals surface area contributed by atoms with Crippen molar-refractivity contribution >= 4 is 28.9 Å². The normalized spacial score (nSPS) is 16.2. The van der Waals surface area contributed by atoms with E-state index in [-0.39, 0.29) is 11.9 Å².